The van der Waals surface area contributed by atoms with Crippen LogP contribution >= 0.6 is 0 Å². The lowest BCUT2D eigenvalue weighted by molar-refractivity contribution is 0.198. The minimum atomic E-state index is -0.282. The Morgan fingerprint density at radius 2 is 1.96 bits per heavy atom. The molecule has 6 nitrogen and oxygen atoms in total. The maximum Gasteiger partial charge on any atom is 0.317 e. The van der Waals surface area contributed by atoms with Crippen LogP contribution in [0.3, 0.4) is 0 Å². The Balaban J connectivity index is 1.69. The smallest absolute Gasteiger partial charge is 0.317 e. The first-order chi connectivity index (χ1) is 13.3. The van der Waals surface area contributed by atoms with Gasteiger partial charge in [0.25, 0.3) is 0 Å². The summed E-state index contributed by atoms with van der Waals surface area (Å²) in [6.45, 7) is 7.16. The number of fused-ring (bicyclic) bond motifs is 1. The number of pyridine rings is 1. The normalized spacial score (nSPS) is 17.3. The molecule has 2 aromatic heterocycles. The number of carbonyl (C=O) groups is 1. The van der Waals surface area contributed by atoms with Gasteiger partial charge in [-0.1, -0.05) is 0 Å². The number of rotatable bonds is 2. The number of aromatic nitrogens is 3. The van der Waals surface area contributed by atoms with Gasteiger partial charge in [-0.2, -0.15) is 0 Å². The zero-order valence-corrected chi connectivity index (χ0v) is 16.3. The number of carbonyl (C=O) groups excluding carboxylic acids is 1. The summed E-state index contributed by atoms with van der Waals surface area (Å²) in [6.07, 6.45) is 2.56. The molecule has 28 heavy (non-hydrogen) atoms. The van der Waals surface area contributed by atoms with E-state index in [4.69, 9.17) is 4.98 Å². The molecule has 1 atom stereocenters. The van der Waals surface area contributed by atoms with E-state index >= 15 is 0 Å². The highest BCUT2D eigenvalue weighted by Crippen LogP contribution is 2.32. The summed E-state index contributed by atoms with van der Waals surface area (Å²) in [6, 6.07) is 10.1. The highest BCUT2D eigenvalue weighted by molar-refractivity contribution is 5.78. The van der Waals surface area contributed by atoms with Crippen molar-refractivity contribution < 1.29 is 9.18 Å². The van der Waals surface area contributed by atoms with Gasteiger partial charge in [0.05, 0.1) is 6.04 Å². The number of halogens is 1. The third-order valence-corrected chi connectivity index (χ3v) is 4.85. The van der Waals surface area contributed by atoms with E-state index < -0.39 is 0 Å². The first-order valence-corrected chi connectivity index (χ1v) is 9.48. The molecule has 0 spiro atoms. The molecule has 4 rings (SSSR count). The van der Waals surface area contributed by atoms with Crippen molar-refractivity contribution in [3.05, 3.63) is 48.4 Å². The Bertz CT molecular complexity index is 1010. The van der Waals surface area contributed by atoms with Crippen LogP contribution in [0.15, 0.2) is 42.6 Å². The molecular weight excluding hydrogens is 357 g/mol. The molecule has 1 N–H and O–H groups in total. The quantitative estimate of drug-likeness (QED) is 0.730. The van der Waals surface area contributed by atoms with Crippen LogP contribution in [0, 0.1) is 5.82 Å². The predicted molar refractivity (Wildman–Crippen MR) is 106 cm³/mol. The summed E-state index contributed by atoms with van der Waals surface area (Å²) in [4.78, 5) is 23.7. The topological polar surface area (TPSA) is 63.1 Å². The number of hydrogen-bond acceptors (Lipinski definition) is 3. The fourth-order valence-corrected chi connectivity index (χ4v) is 3.61. The summed E-state index contributed by atoms with van der Waals surface area (Å²) in [5, 5.41) is 3.02. The Morgan fingerprint density at radius 3 is 2.68 bits per heavy atom. The van der Waals surface area contributed by atoms with Crippen molar-refractivity contribution in [3.8, 4) is 11.4 Å². The third-order valence-electron chi connectivity index (χ3n) is 4.85. The van der Waals surface area contributed by atoms with Crippen LogP contribution in [0.2, 0.25) is 0 Å². The van der Waals surface area contributed by atoms with Crippen LogP contribution in [-0.4, -0.2) is 44.1 Å². The maximum absolute atomic E-state index is 13.4. The molecule has 0 radical (unpaired) electrons. The van der Waals surface area contributed by atoms with Crippen LogP contribution in [0.5, 0.6) is 0 Å². The van der Waals surface area contributed by atoms with Gasteiger partial charge in [0.2, 0.25) is 0 Å². The van der Waals surface area contributed by atoms with Crippen LogP contribution in [0.1, 0.15) is 33.2 Å². The summed E-state index contributed by atoms with van der Waals surface area (Å²) in [5.41, 5.74) is 2.12. The van der Waals surface area contributed by atoms with Gasteiger partial charge >= 0.3 is 6.03 Å². The van der Waals surface area contributed by atoms with Crippen LogP contribution in [0.4, 0.5) is 9.18 Å². The highest BCUT2D eigenvalue weighted by atomic mass is 19.1. The summed E-state index contributed by atoms with van der Waals surface area (Å²) >= 11 is 0. The van der Waals surface area contributed by atoms with E-state index in [1.165, 1.54) is 12.1 Å². The van der Waals surface area contributed by atoms with E-state index in [1.807, 2.05) is 37.8 Å². The molecular formula is C21H24FN5O. The number of amides is 2. The SMILES string of the molecule is CC(C)(C)NC(=O)N1CC[C@@H](n2c(-c3ccc(F)cc3)nc3cccnc32)C1. The molecule has 7 heteroatoms. The van der Waals surface area contributed by atoms with Crippen molar-refractivity contribution in [1.82, 2.24) is 24.8 Å². The van der Waals surface area contributed by atoms with Crippen molar-refractivity contribution in [2.24, 2.45) is 0 Å². The first kappa shape index (κ1) is 18.4. The van der Waals surface area contributed by atoms with Crippen molar-refractivity contribution in [2.75, 3.05) is 13.1 Å². The monoisotopic (exact) mass is 381 g/mol. The second-order valence-corrected chi connectivity index (χ2v) is 8.23. The lowest BCUT2D eigenvalue weighted by atomic mass is 10.1. The van der Waals surface area contributed by atoms with Crippen LogP contribution < -0.4 is 5.32 Å². The molecule has 1 saturated heterocycles. The van der Waals surface area contributed by atoms with E-state index in [-0.39, 0.29) is 23.4 Å². The number of nitrogens with one attached hydrogen (secondary N) is 1. The number of likely N-dealkylation sites (tertiary alicyclic amines) is 1. The van der Waals surface area contributed by atoms with Gasteiger partial charge in [-0.3, -0.25) is 0 Å². The minimum Gasteiger partial charge on any atom is -0.333 e. The largest absolute Gasteiger partial charge is 0.333 e. The van der Waals surface area contributed by atoms with Crippen molar-refractivity contribution in [2.45, 2.75) is 38.8 Å². The van der Waals surface area contributed by atoms with Crippen LogP contribution in [-0.2, 0) is 0 Å². The standard InChI is InChI=1S/C21H24FN5O/c1-21(2,3)25-20(28)26-12-10-16(13-26)27-18(14-6-8-15(22)9-7-14)24-17-5-4-11-23-19(17)27/h4-9,11,16H,10,12-13H2,1-3H3,(H,25,28)/t16-/m1/s1. The molecule has 146 valence electrons. The number of urea groups is 1. The summed E-state index contributed by atoms with van der Waals surface area (Å²) in [5.74, 6) is 0.465. The molecule has 3 heterocycles. The average Bonchev–Trinajstić information content (AvgIpc) is 3.25. The molecule has 0 unspecified atom stereocenters. The Kier molecular flexibility index (Phi) is 4.53. The van der Waals surface area contributed by atoms with Gasteiger partial charge < -0.3 is 14.8 Å². The number of nitrogens with zero attached hydrogens (tertiary/aromatic N) is 4. The van der Waals surface area contributed by atoms with E-state index in [1.54, 1.807) is 18.3 Å². The number of hydrogen-bond donors (Lipinski definition) is 1. The molecule has 2 amide bonds. The van der Waals surface area contributed by atoms with Gasteiger partial charge in [0.1, 0.15) is 17.2 Å². The molecule has 0 aliphatic carbocycles. The molecule has 1 aliphatic rings. The van der Waals surface area contributed by atoms with Gasteiger partial charge in [0.15, 0.2) is 5.65 Å². The van der Waals surface area contributed by atoms with Crippen molar-refractivity contribution in [1.29, 1.82) is 0 Å². The zero-order chi connectivity index (χ0) is 19.9. The zero-order valence-electron chi connectivity index (χ0n) is 16.3. The van der Waals surface area contributed by atoms with Gasteiger partial charge in [0, 0.05) is 30.4 Å². The fourth-order valence-electron chi connectivity index (χ4n) is 3.61. The molecule has 1 fully saturated rings. The van der Waals surface area contributed by atoms with Gasteiger partial charge in [-0.05, 0) is 63.6 Å². The first-order valence-electron chi connectivity index (χ1n) is 9.48. The van der Waals surface area contributed by atoms with E-state index in [0.29, 0.717) is 13.1 Å². The van der Waals surface area contributed by atoms with Gasteiger partial charge in [-0.15, -0.1) is 0 Å². The van der Waals surface area contributed by atoms with Crippen molar-refractivity contribution in [3.63, 3.8) is 0 Å². The average molecular weight is 381 g/mol. The molecule has 1 aromatic carbocycles. The lowest BCUT2D eigenvalue weighted by Gasteiger charge is -2.25. The van der Waals surface area contributed by atoms with Crippen LogP contribution in [0.25, 0.3) is 22.6 Å². The number of imidazole rings is 1. The van der Waals surface area contributed by atoms with E-state index in [9.17, 15) is 9.18 Å². The lowest BCUT2D eigenvalue weighted by Crippen LogP contribution is -2.47. The molecule has 0 saturated carbocycles. The highest BCUT2D eigenvalue weighted by Gasteiger charge is 2.32. The molecule has 3 aromatic rings. The maximum atomic E-state index is 13.4. The van der Waals surface area contributed by atoms with Crippen molar-refractivity contribution >= 4 is 17.2 Å². The second kappa shape index (κ2) is 6.89. The molecule has 1 aliphatic heterocycles. The number of benzene rings is 1. The summed E-state index contributed by atoms with van der Waals surface area (Å²) in [7, 11) is 0. The summed E-state index contributed by atoms with van der Waals surface area (Å²) < 4.78 is 15.5. The Hall–Kier alpha value is -2.96. The Labute approximate surface area is 163 Å². The van der Waals surface area contributed by atoms with E-state index in [2.05, 4.69) is 14.9 Å². The van der Waals surface area contributed by atoms with Gasteiger partial charge in [-0.25, -0.2) is 19.2 Å². The molecule has 0 bridgehead atoms. The predicted octanol–water partition coefficient (Wildman–Crippen LogP) is 3.99. The van der Waals surface area contributed by atoms with E-state index in [0.717, 1.165) is 29.0 Å². The fraction of sp³-hybridized carbons (Fsp3) is 0.381. The Morgan fingerprint density at radius 1 is 1.21 bits per heavy atom. The minimum absolute atomic E-state index is 0.0595. The third kappa shape index (κ3) is 3.56. The second-order valence-electron chi connectivity index (χ2n) is 8.23.